The maximum atomic E-state index is 13.1. The second-order valence-electron chi connectivity index (χ2n) is 6.05. The summed E-state index contributed by atoms with van der Waals surface area (Å²) in [4.78, 5) is 12.1. The van der Waals surface area contributed by atoms with E-state index >= 15 is 0 Å². The minimum Gasteiger partial charge on any atom is -0.468 e. The van der Waals surface area contributed by atoms with Crippen molar-refractivity contribution in [3.05, 3.63) is 65.2 Å². The summed E-state index contributed by atoms with van der Waals surface area (Å²) < 4.78 is 31.9. The van der Waals surface area contributed by atoms with Gasteiger partial charge in [-0.3, -0.25) is 4.79 Å². The maximum Gasteiger partial charge on any atom is 0.323 e. The van der Waals surface area contributed by atoms with Crippen molar-refractivity contribution in [1.82, 2.24) is 4.31 Å². The highest BCUT2D eigenvalue weighted by Gasteiger charge is 2.33. The summed E-state index contributed by atoms with van der Waals surface area (Å²) in [6.45, 7) is 3.14. The Hall–Kier alpha value is -3.06. The smallest absolute Gasteiger partial charge is 0.323 e. The van der Waals surface area contributed by atoms with E-state index < -0.39 is 22.0 Å². The van der Waals surface area contributed by atoms with Crippen LogP contribution in [0, 0.1) is 31.1 Å². The zero-order valence-corrected chi connectivity index (χ0v) is 16.8. The molecular formula is C22H21NO4S. The molecule has 0 amide bonds. The van der Waals surface area contributed by atoms with E-state index in [1.807, 2.05) is 6.92 Å². The summed E-state index contributed by atoms with van der Waals surface area (Å²) >= 11 is 0. The van der Waals surface area contributed by atoms with Gasteiger partial charge in [-0.15, -0.1) is 6.42 Å². The molecule has 0 saturated heterocycles. The molecule has 0 saturated carbocycles. The van der Waals surface area contributed by atoms with Gasteiger partial charge in [0.25, 0.3) is 0 Å². The normalized spacial score (nSPS) is 11.8. The van der Waals surface area contributed by atoms with E-state index in [1.54, 1.807) is 36.4 Å². The van der Waals surface area contributed by atoms with Crippen molar-refractivity contribution in [3.63, 3.8) is 0 Å². The number of hydrogen-bond donors (Lipinski definition) is 0. The van der Waals surface area contributed by atoms with E-state index in [4.69, 9.17) is 11.2 Å². The van der Waals surface area contributed by atoms with E-state index in [0.29, 0.717) is 11.1 Å². The zero-order chi connectivity index (χ0) is 20.7. The fourth-order valence-corrected chi connectivity index (χ4v) is 3.98. The standard InChI is InChI=1S/C22H21NO4S/c1-5-19-9-6-7-10-20(19)11-8-16-23(18(3)22(24)27-4)28(25,26)21-14-12-17(2)13-15-21/h1,6-7,9-10,12-15,18H,16H2,2-4H3/t18-/m0/s1. The molecule has 0 N–H and O–H groups in total. The molecular weight excluding hydrogens is 374 g/mol. The molecule has 0 aromatic heterocycles. The lowest BCUT2D eigenvalue weighted by Gasteiger charge is -2.24. The van der Waals surface area contributed by atoms with Gasteiger partial charge in [-0.2, -0.15) is 4.31 Å². The van der Waals surface area contributed by atoms with Gasteiger partial charge in [-0.05, 0) is 38.1 Å². The fraction of sp³-hybridized carbons (Fsp3) is 0.227. The predicted octanol–water partition coefficient (Wildman–Crippen LogP) is 2.58. The Kier molecular flexibility index (Phi) is 7.00. The Morgan fingerprint density at radius 2 is 1.75 bits per heavy atom. The van der Waals surface area contributed by atoms with E-state index in [1.165, 1.54) is 26.2 Å². The molecule has 0 aliphatic heterocycles. The van der Waals surface area contributed by atoms with Gasteiger partial charge in [-0.25, -0.2) is 8.42 Å². The lowest BCUT2D eigenvalue weighted by Crippen LogP contribution is -2.44. The SMILES string of the molecule is C#Cc1ccccc1C#CCN([C@@H](C)C(=O)OC)S(=O)(=O)c1ccc(C)cc1. The molecule has 2 aromatic carbocycles. The number of hydrogen-bond acceptors (Lipinski definition) is 4. The Morgan fingerprint density at radius 1 is 1.14 bits per heavy atom. The molecule has 6 heteroatoms. The van der Waals surface area contributed by atoms with Gasteiger partial charge in [0.15, 0.2) is 0 Å². The molecule has 2 aromatic rings. The quantitative estimate of drug-likeness (QED) is 0.577. The lowest BCUT2D eigenvalue weighted by atomic mass is 10.1. The van der Waals surface area contributed by atoms with E-state index in [-0.39, 0.29) is 11.4 Å². The number of nitrogens with zero attached hydrogens (tertiary/aromatic N) is 1. The highest BCUT2D eigenvalue weighted by molar-refractivity contribution is 7.89. The van der Waals surface area contributed by atoms with Crippen LogP contribution in [0.15, 0.2) is 53.4 Å². The van der Waals surface area contributed by atoms with Crippen LogP contribution in [0.25, 0.3) is 0 Å². The van der Waals surface area contributed by atoms with Crippen LogP contribution in [0.5, 0.6) is 0 Å². The van der Waals surface area contributed by atoms with E-state index in [0.717, 1.165) is 9.87 Å². The van der Waals surface area contributed by atoms with Crippen LogP contribution in [0.2, 0.25) is 0 Å². The van der Waals surface area contributed by atoms with Crippen molar-refractivity contribution >= 4 is 16.0 Å². The Morgan fingerprint density at radius 3 is 2.32 bits per heavy atom. The van der Waals surface area contributed by atoms with Crippen LogP contribution in [0.4, 0.5) is 0 Å². The number of esters is 1. The summed E-state index contributed by atoms with van der Waals surface area (Å²) in [6, 6.07) is 12.5. The highest BCUT2D eigenvalue weighted by Crippen LogP contribution is 2.19. The Balaban J connectivity index is 2.41. The van der Waals surface area contributed by atoms with Crippen molar-refractivity contribution < 1.29 is 17.9 Å². The number of carbonyl (C=O) groups excluding carboxylic acids is 1. The monoisotopic (exact) mass is 395 g/mol. The van der Waals surface area contributed by atoms with Crippen molar-refractivity contribution in [2.45, 2.75) is 24.8 Å². The molecule has 144 valence electrons. The van der Waals surface area contributed by atoms with Crippen molar-refractivity contribution in [2.75, 3.05) is 13.7 Å². The van der Waals surface area contributed by atoms with Crippen molar-refractivity contribution in [3.8, 4) is 24.2 Å². The van der Waals surface area contributed by atoms with Crippen molar-refractivity contribution in [2.24, 2.45) is 0 Å². The minimum atomic E-state index is -3.95. The van der Waals surface area contributed by atoms with Crippen LogP contribution < -0.4 is 0 Å². The maximum absolute atomic E-state index is 13.1. The number of terminal acetylenes is 1. The summed E-state index contributed by atoms with van der Waals surface area (Å²) in [5.74, 6) is 7.58. The average Bonchev–Trinajstić information content (AvgIpc) is 2.70. The summed E-state index contributed by atoms with van der Waals surface area (Å²) in [6.07, 6.45) is 5.46. The summed E-state index contributed by atoms with van der Waals surface area (Å²) in [5, 5.41) is 0. The first-order valence-electron chi connectivity index (χ1n) is 8.52. The van der Waals surface area contributed by atoms with E-state index in [9.17, 15) is 13.2 Å². The molecule has 2 rings (SSSR count). The second-order valence-corrected chi connectivity index (χ2v) is 7.94. The third kappa shape index (κ3) is 4.80. The second kappa shape index (κ2) is 9.23. The van der Waals surface area contributed by atoms with Crippen LogP contribution in [0.3, 0.4) is 0 Å². The average molecular weight is 395 g/mol. The molecule has 0 aliphatic rings. The van der Waals surface area contributed by atoms with Gasteiger partial charge in [0, 0.05) is 11.1 Å². The molecule has 0 unspecified atom stereocenters. The predicted molar refractivity (Wildman–Crippen MR) is 108 cm³/mol. The van der Waals surface area contributed by atoms with Gasteiger partial charge < -0.3 is 4.74 Å². The van der Waals surface area contributed by atoms with Crippen molar-refractivity contribution in [1.29, 1.82) is 0 Å². The third-order valence-electron chi connectivity index (χ3n) is 4.14. The molecule has 0 bridgehead atoms. The highest BCUT2D eigenvalue weighted by atomic mass is 32.2. The number of benzene rings is 2. The van der Waals surface area contributed by atoms with E-state index in [2.05, 4.69) is 17.8 Å². The number of methoxy groups -OCH3 is 1. The van der Waals surface area contributed by atoms with Gasteiger partial charge in [0.1, 0.15) is 6.04 Å². The minimum absolute atomic E-state index is 0.0830. The van der Waals surface area contributed by atoms with Crippen LogP contribution in [-0.2, 0) is 19.6 Å². The zero-order valence-electron chi connectivity index (χ0n) is 16.0. The summed E-state index contributed by atoms with van der Waals surface area (Å²) in [7, 11) is -2.74. The molecule has 0 fully saturated rings. The van der Waals surface area contributed by atoms with Crippen LogP contribution >= 0.6 is 0 Å². The molecule has 0 heterocycles. The number of carbonyl (C=O) groups is 1. The molecule has 1 atom stereocenters. The van der Waals surface area contributed by atoms with Crippen LogP contribution in [-0.4, -0.2) is 38.4 Å². The fourth-order valence-electron chi connectivity index (χ4n) is 2.49. The molecule has 0 radical (unpaired) electrons. The first-order chi connectivity index (χ1) is 13.3. The first-order valence-corrected chi connectivity index (χ1v) is 9.96. The Bertz CT molecular complexity index is 1050. The third-order valence-corrected chi connectivity index (χ3v) is 6.07. The Labute approximate surface area is 166 Å². The molecule has 28 heavy (non-hydrogen) atoms. The number of rotatable bonds is 5. The van der Waals surface area contributed by atoms with Gasteiger partial charge in [0.05, 0.1) is 18.6 Å². The molecule has 0 spiro atoms. The van der Waals surface area contributed by atoms with Gasteiger partial charge >= 0.3 is 5.97 Å². The lowest BCUT2D eigenvalue weighted by molar-refractivity contribution is -0.144. The molecule has 5 nitrogen and oxygen atoms in total. The number of ether oxygens (including phenoxy) is 1. The topological polar surface area (TPSA) is 63.7 Å². The van der Waals surface area contributed by atoms with Gasteiger partial charge in [-0.1, -0.05) is 47.6 Å². The number of sulfonamides is 1. The van der Waals surface area contributed by atoms with Crippen LogP contribution in [0.1, 0.15) is 23.6 Å². The number of aryl methyl sites for hydroxylation is 1. The summed E-state index contributed by atoms with van der Waals surface area (Å²) in [5.41, 5.74) is 2.16. The van der Waals surface area contributed by atoms with Gasteiger partial charge in [0.2, 0.25) is 10.0 Å². The first kappa shape index (κ1) is 21.2. The molecule has 0 aliphatic carbocycles. The largest absolute Gasteiger partial charge is 0.468 e.